The second kappa shape index (κ2) is 8.14. The number of rotatable bonds is 7. The van der Waals surface area contributed by atoms with Crippen LogP contribution in [0, 0.1) is 6.92 Å². The van der Waals surface area contributed by atoms with Gasteiger partial charge in [0.2, 0.25) is 0 Å². The van der Waals surface area contributed by atoms with Crippen LogP contribution in [0.15, 0.2) is 51.1 Å². The molecule has 4 N–H and O–H groups in total. The summed E-state index contributed by atoms with van der Waals surface area (Å²) in [6.07, 6.45) is 2.25. The Balaban J connectivity index is 1.83. The number of hydrogen-bond acceptors (Lipinski definition) is 8. The zero-order chi connectivity index (χ0) is 20.4. The molecule has 0 spiro atoms. The molecule has 0 fully saturated rings. The van der Waals surface area contributed by atoms with Crippen LogP contribution in [0.25, 0.3) is 22.5 Å². The van der Waals surface area contributed by atoms with Gasteiger partial charge in [0.15, 0.2) is 22.1 Å². The van der Waals surface area contributed by atoms with Gasteiger partial charge in [-0.3, -0.25) is 0 Å². The highest BCUT2D eigenvalue weighted by atomic mass is 32.2. The van der Waals surface area contributed by atoms with Crippen LogP contribution < -0.4 is 16.2 Å². The maximum absolute atomic E-state index is 6.03. The third-order valence-corrected chi connectivity index (χ3v) is 5.56. The van der Waals surface area contributed by atoms with Crippen molar-refractivity contribution in [3.8, 4) is 17.1 Å². The number of ether oxygens (including phenoxy) is 1. The molecule has 0 atom stereocenters. The van der Waals surface area contributed by atoms with Crippen LogP contribution in [-0.4, -0.2) is 33.2 Å². The van der Waals surface area contributed by atoms with Gasteiger partial charge in [-0.05, 0) is 50.2 Å². The molecule has 0 bridgehead atoms. The number of nitrogens with two attached hydrogens (primary N) is 2. The van der Waals surface area contributed by atoms with E-state index in [9.17, 15) is 0 Å². The molecule has 1 aromatic carbocycles. The van der Waals surface area contributed by atoms with E-state index in [0.29, 0.717) is 30.1 Å². The van der Waals surface area contributed by atoms with Crippen molar-refractivity contribution < 1.29 is 9.15 Å². The Kier molecular flexibility index (Phi) is 5.41. The number of fused-ring (bicyclic) bond motifs is 1. The van der Waals surface area contributed by atoms with Gasteiger partial charge in [0.1, 0.15) is 23.6 Å². The summed E-state index contributed by atoms with van der Waals surface area (Å²) in [4.78, 5) is 14.1. The highest BCUT2D eigenvalue weighted by molar-refractivity contribution is 7.99. The largest absolute Gasteiger partial charge is 0.497 e. The molecule has 150 valence electrons. The van der Waals surface area contributed by atoms with Crippen LogP contribution in [0.3, 0.4) is 0 Å². The number of furan rings is 1. The van der Waals surface area contributed by atoms with Crippen LogP contribution in [0.1, 0.15) is 12.2 Å². The predicted molar refractivity (Wildman–Crippen MR) is 113 cm³/mol. The van der Waals surface area contributed by atoms with E-state index in [2.05, 4.69) is 9.97 Å². The van der Waals surface area contributed by atoms with Crippen molar-refractivity contribution in [1.29, 1.82) is 0 Å². The van der Waals surface area contributed by atoms with Gasteiger partial charge in [0, 0.05) is 17.0 Å². The molecule has 0 aliphatic rings. The standard InChI is InChI=1S/C20H22N6O2S/c1-12-4-7-15(28-12)14-6-5-13(27-2)10-16(14)29-20-25-17-18(22)23-11-24-19(17)26(20)9-3-8-21/h4-7,10-11H,3,8-9,21H2,1-2H3,(H2,22,23,24). The minimum Gasteiger partial charge on any atom is -0.497 e. The van der Waals surface area contributed by atoms with Gasteiger partial charge >= 0.3 is 0 Å². The molecule has 0 saturated heterocycles. The van der Waals surface area contributed by atoms with Gasteiger partial charge in [0.25, 0.3) is 0 Å². The van der Waals surface area contributed by atoms with E-state index >= 15 is 0 Å². The SMILES string of the molecule is COc1ccc(-c2ccc(C)o2)c(Sc2nc3c(N)ncnc3n2CCCN)c1. The Morgan fingerprint density at radius 1 is 1.21 bits per heavy atom. The summed E-state index contributed by atoms with van der Waals surface area (Å²) < 4.78 is 13.3. The van der Waals surface area contributed by atoms with Crippen molar-refractivity contribution in [3.63, 3.8) is 0 Å². The molecule has 0 radical (unpaired) electrons. The summed E-state index contributed by atoms with van der Waals surface area (Å²) in [5.74, 6) is 2.75. The second-order valence-electron chi connectivity index (χ2n) is 6.49. The van der Waals surface area contributed by atoms with E-state index in [-0.39, 0.29) is 0 Å². The normalized spacial score (nSPS) is 11.3. The first-order chi connectivity index (χ1) is 14.1. The summed E-state index contributed by atoms with van der Waals surface area (Å²) >= 11 is 1.51. The van der Waals surface area contributed by atoms with Crippen molar-refractivity contribution in [2.75, 3.05) is 19.4 Å². The Morgan fingerprint density at radius 2 is 2.07 bits per heavy atom. The van der Waals surface area contributed by atoms with E-state index < -0.39 is 0 Å². The number of imidazole rings is 1. The molecular weight excluding hydrogens is 388 g/mol. The molecule has 29 heavy (non-hydrogen) atoms. The Morgan fingerprint density at radius 3 is 2.79 bits per heavy atom. The van der Waals surface area contributed by atoms with Crippen LogP contribution in [0.4, 0.5) is 5.82 Å². The summed E-state index contributed by atoms with van der Waals surface area (Å²) in [5.41, 5.74) is 14.0. The molecule has 0 amide bonds. The molecule has 0 unspecified atom stereocenters. The monoisotopic (exact) mass is 410 g/mol. The molecular formula is C20H22N6O2S. The van der Waals surface area contributed by atoms with Crippen LogP contribution in [0.2, 0.25) is 0 Å². The van der Waals surface area contributed by atoms with Gasteiger partial charge < -0.3 is 25.2 Å². The summed E-state index contributed by atoms with van der Waals surface area (Å²) in [6, 6.07) is 9.78. The number of nitrogens with zero attached hydrogens (tertiary/aromatic N) is 4. The number of hydrogen-bond donors (Lipinski definition) is 2. The fourth-order valence-corrected chi connectivity index (χ4v) is 4.13. The molecule has 8 nitrogen and oxygen atoms in total. The third kappa shape index (κ3) is 3.79. The first-order valence-corrected chi connectivity index (χ1v) is 10.0. The quantitative estimate of drug-likeness (QED) is 0.475. The number of aromatic nitrogens is 4. The lowest BCUT2D eigenvalue weighted by atomic mass is 10.1. The fraction of sp³-hybridized carbons (Fsp3) is 0.250. The minimum absolute atomic E-state index is 0.357. The zero-order valence-corrected chi connectivity index (χ0v) is 17.1. The lowest BCUT2D eigenvalue weighted by Crippen LogP contribution is -2.07. The predicted octanol–water partition coefficient (Wildman–Crippen LogP) is 3.49. The summed E-state index contributed by atoms with van der Waals surface area (Å²) in [6.45, 7) is 3.18. The molecule has 4 aromatic rings. The number of methoxy groups -OCH3 is 1. The number of benzene rings is 1. The lowest BCUT2D eigenvalue weighted by Gasteiger charge is -2.11. The lowest BCUT2D eigenvalue weighted by molar-refractivity contribution is 0.413. The average Bonchev–Trinajstić information content (AvgIpc) is 3.30. The van der Waals surface area contributed by atoms with Crippen molar-refractivity contribution in [2.24, 2.45) is 5.73 Å². The number of nitrogen functional groups attached to an aromatic ring is 1. The first-order valence-electron chi connectivity index (χ1n) is 9.20. The Bertz CT molecular complexity index is 1150. The fourth-order valence-electron chi connectivity index (χ4n) is 3.06. The highest BCUT2D eigenvalue weighted by Gasteiger charge is 2.19. The van der Waals surface area contributed by atoms with Crippen molar-refractivity contribution in [3.05, 3.63) is 42.4 Å². The molecule has 0 aliphatic carbocycles. The topological polar surface area (TPSA) is 118 Å². The minimum atomic E-state index is 0.357. The third-order valence-electron chi connectivity index (χ3n) is 4.51. The Labute approximate surface area is 172 Å². The number of anilines is 1. The Hall–Kier alpha value is -3.04. The van der Waals surface area contributed by atoms with E-state index in [1.807, 2.05) is 41.8 Å². The van der Waals surface area contributed by atoms with Gasteiger partial charge in [-0.25, -0.2) is 15.0 Å². The van der Waals surface area contributed by atoms with Gasteiger partial charge in [-0.1, -0.05) is 11.8 Å². The van der Waals surface area contributed by atoms with Crippen molar-refractivity contribution in [2.45, 2.75) is 29.9 Å². The maximum Gasteiger partial charge on any atom is 0.175 e. The second-order valence-corrected chi connectivity index (χ2v) is 7.50. The molecule has 0 aliphatic heterocycles. The van der Waals surface area contributed by atoms with Crippen LogP contribution in [0.5, 0.6) is 5.75 Å². The average molecular weight is 411 g/mol. The molecule has 3 heterocycles. The molecule has 0 saturated carbocycles. The van der Waals surface area contributed by atoms with Crippen LogP contribution >= 0.6 is 11.8 Å². The number of aryl methyl sites for hydroxylation is 2. The smallest absolute Gasteiger partial charge is 0.175 e. The molecule has 4 rings (SSSR count). The van der Waals surface area contributed by atoms with Gasteiger partial charge in [-0.15, -0.1) is 0 Å². The maximum atomic E-state index is 6.03. The van der Waals surface area contributed by atoms with Gasteiger partial charge in [0.05, 0.1) is 7.11 Å². The highest BCUT2D eigenvalue weighted by Crippen LogP contribution is 2.39. The van der Waals surface area contributed by atoms with Crippen molar-refractivity contribution >= 4 is 28.7 Å². The zero-order valence-electron chi connectivity index (χ0n) is 16.3. The van der Waals surface area contributed by atoms with E-state index in [1.165, 1.54) is 18.1 Å². The van der Waals surface area contributed by atoms with Crippen molar-refractivity contribution in [1.82, 2.24) is 19.5 Å². The first kappa shape index (κ1) is 19.3. The van der Waals surface area contributed by atoms with E-state index in [1.54, 1.807) is 7.11 Å². The molecule has 9 heteroatoms. The van der Waals surface area contributed by atoms with E-state index in [0.717, 1.165) is 39.3 Å². The van der Waals surface area contributed by atoms with E-state index in [4.69, 9.17) is 25.6 Å². The van der Waals surface area contributed by atoms with Gasteiger partial charge in [-0.2, -0.15) is 0 Å². The molecule has 3 aromatic heterocycles. The summed E-state index contributed by atoms with van der Waals surface area (Å²) in [5, 5.41) is 0.762. The summed E-state index contributed by atoms with van der Waals surface area (Å²) in [7, 11) is 1.65. The van der Waals surface area contributed by atoms with Crippen LogP contribution in [-0.2, 0) is 6.54 Å².